The van der Waals surface area contributed by atoms with Gasteiger partial charge in [0.1, 0.15) is 12.4 Å². The van der Waals surface area contributed by atoms with E-state index in [4.69, 9.17) is 0 Å². The van der Waals surface area contributed by atoms with Gasteiger partial charge in [-0.05, 0) is 13.8 Å². The zero-order valence-electron chi connectivity index (χ0n) is 12.2. The second-order valence-electron chi connectivity index (χ2n) is 5.24. The minimum atomic E-state index is -4.26. The molecule has 0 saturated heterocycles. The molecule has 0 bridgehead atoms. The molecule has 0 aliphatic rings. The van der Waals surface area contributed by atoms with Gasteiger partial charge in [0.2, 0.25) is 0 Å². The lowest BCUT2D eigenvalue weighted by Gasteiger charge is -2.28. The molecule has 0 saturated carbocycles. The summed E-state index contributed by atoms with van der Waals surface area (Å²) in [5.74, 6) is 0.241. The number of aromatic nitrogens is 2. The van der Waals surface area contributed by atoms with E-state index in [2.05, 4.69) is 15.3 Å². The van der Waals surface area contributed by atoms with E-state index >= 15 is 0 Å². The zero-order chi connectivity index (χ0) is 15.3. The summed E-state index contributed by atoms with van der Waals surface area (Å²) in [6.07, 6.45) is -1.36. The molecule has 7 heteroatoms. The summed E-state index contributed by atoms with van der Waals surface area (Å²) in [5.41, 5.74) is 0.707. The highest BCUT2D eigenvalue weighted by atomic mass is 19.4. The third-order valence-corrected chi connectivity index (χ3v) is 2.65. The molecule has 0 aromatic carbocycles. The summed E-state index contributed by atoms with van der Waals surface area (Å²) in [7, 11) is 0. The molecule has 0 radical (unpaired) electrons. The molecule has 114 valence electrons. The molecule has 0 spiro atoms. The minimum absolute atomic E-state index is 0.241. The first-order valence-corrected chi connectivity index (χ1v) is 6.56. The van der Waals surface area contributed by atoms with Crippen molar-refractivity contribution in [2.45, 2.75) is 52.5 Å². The minimum Gasteiger partial charge on any atom is -0.344 e. The Morgan fingerprint density at radius 2 is 1.80 bits per heavy atom. The molecule has 0 fully saturated rings. The van der Waals surface area contributed by atoms with Gasteiger partial charge in [0.25, 0.3) is 0 Å². The first kappa shape index (κ1) is 16.7. The number of alkyl halides is 3. The molecule has 20 heavy (non-hydrogen) atoms. The van der Waals surface area contributed by atoms with Gasteiger partial charge in [0, 0.05) is 18.6 Å². The van der Waals surface area contributed by atoms with Crippen LogP contribution in [0.4, 0.5) is 19.0 Å². The first-order chi connectivity index (χ1) is 9.19. The monoisotopic (exact) mass is 290 g/mol. The standard InChI is InChI=1S/C13H21F3N4/c1-9(2)17-5-11-6-19-12(7-18-11)20(10(3)4)8-13(14,15)16/h6-7,9-10,17H,5,8H2,1-4H3. The molecule has 4 nitrogen and oxygen atoms in total. The molecular weight excluding hydrogens is 269 g/mol. The third-order valence-electron chi connectivity index (χ3n) is 2.65. The highest BCUT2D eigenvalue weighted by Crippen LogP contribution is 2.22. The lowest BCUT2D eigenvalue weighted by Crippen LogP contribution is -2.39. The SMILES string of the molecule is CC(C)NCc1cnc(N(CC(F)(F)F)C(C)C)cn1. The molecule has 1 rings (SSSR count). The average Bonchev–Trinajstić information content (AvgIpc) is 2.33. The smallest absolute Gasteiger partial charge is 0.344 e. The quantitative estimate of drug-likeness (QED) is 0.874. The van der Waals surface area contributed by atoms with Crippen molar-refractivity contribution >= 4 is 5.82 Å². The number of halogens is 3. The van der Waals surface area contributed by atoms with Crippen LogP contribution < -0.4 is 10.2 Å². The van der Waals surface area contributed by atoms with Gasteiger partial charge in [-0.25, -0.2) is 4.98 Å². The highest BCUT2D eigenvalue weighted by Gasteiger charge is 2.32. The molecule has 0 unspecified atom stereocenters. The van der Waals surface area contributed by atoms with E-state index in [1.807, 2.05) is 13.8 Å². The Kier molecular flexibility index (Phi) is 5.74. The van der Waals surface area contributed by atoms with E-state index in [1.54, 1.807) is 13.8 Å². The third kappa shape index (κ3) is 5.73. The van der Waals surface area contributed by atoms with Crippen molar-refractivity contribution < 1.29 is 13.2 Å². The van der Waals surface area contributed by atoms with Crippen LogP contribution in [0.25, 0.3) is 0 Å². The Hall–Kier alpha value is -1.37. The molecule has 1 aromatic rings. The summed E-state index contributed by atoms with van der Waals surface area (Å²) >= 11 is 0. The summed E-state index contributed by atoms with van der Waals surface area (Å²) < 4.78 is 37.6. The van der Waals surface area contributed by atoms with Crippen molar-refractivity contribution in [2.24, 2.45) is 0 Å². The van der Waals surface area contributed by atoms with Crippen molar-refractivity contribution in [3.8, 4) is 0 Å². The van der Waals surface area contributed by atoms with Gasteiger partial charge in [-0.3, -0.25) is 4.98 Å². The summed E-state index contributed by atoms with van der Waals surface area (Å²) in [5, 5.41) is 3.18. The van der Waals surface area contributed by atoms with Gasteiger partial charge in [-0.1, -0.05) is 13.8 Å². The Morgan fingerprint density at radius 3 is 2.20 bits per heavy atom. The van der Waals surface area contributed by atoms with E-state index in [0.29, 0.717) is 18.3 Å². The Morgan fingerprint density at radius 1 is 1.15 bits per heavy atom. The number of anilines is 1. The predicted octanol–water partition coefficient (Wildman–Crippen LogP) is 2.75. The number of rotatable bonds is 6. The second-order valence-corrected chi connectivity index (χ2v) is 5.24. The Bertz CT molecular complexity index is 401. The molecular formula is C13H21F3N4. The van der Waals surface area contributed by atoms with E-state index in [1.165, 1.54) is 17.3 Å². The Labute approximate surface area is 117 Å². The normalized spacial score (nSPS) is 12.2. The number of hydrogen-bond donors (Lipinski definition) is 1. The summed E-state index contributed by atoms with van der Waals surface area (Å²) in [6.45, 7) is 6.93. The molecule has 0 amide bonds. The van der Waals surface area contributed by atoms with E-state index in [0.717, 1.165) is 0 Å². The van der Waals surface area contributed by atoms with E-state index in [-0.39, 0.29) is 11.9 Å². The van der Waals surface area contributed by atoms with Crippen LogP contribution in [0.5, 0.6) is 0 Å². The maximum Gasteiger partial charge on any atom is 0.405 e. The molecule has 1 heterocycles. The van der Waals surface area contributed by atoms with Crippen LogP contribution in [0.1, 0.15) is 33.4 Å². The molecule has 0 aliphatic heterocycles. The van der Waals surface area contributed by atoms with E-state index in [9.17, 15) is 13.2 Å². The largest absolute Gasteiger partial charge is 0.405 e. The van der Waals surface area contributed by atoms with Crippen LogP contribution in [0.15, 0.2) is 12.4 Å². The van der Waals surface area contributed by atoms with Gasteiger partial charge in [0.15, 0.2) is 0 Å². The average molecular weight is 290 g/mol. The fourth-order valence-corrected chi connectivity index (χ4v) is 1.62. The van der Waals surface area contributed by atoms with Gasteiger partial charge in [0.05, 0.1) is 18.1 Å². The highest BCUT2D eigenvalue weighted by molar-refractivity contribution is 5.37. The predicted molar refractivity (Wildman–Crippen MR) is 72.5 cm³/mol. The van der Waals surface area contributed by atoms with Crippen LogP contribution in [0.3, 0.4) is 0 Å². The number of nitrogens with one attached hydrogen (secondary N) is 1. The van der Waals surface area contributed by atoms with Crippen LogP contribution in [0.2, 0.25) is 0 Å². The summed E-state index contributed by atoms with van der Waals surface area (Å²) in [4.78, 5) is 9.42. The molecule has 1 aromatic heterocycles. The zero-order valence-corrected chi connectivity index (χ0v) is 12.2. The topological polar surface area (TPSA) is 41.1 Å². The van der Waals surface area contributed by atoms with Gasteiger partial charge >= 0.3 is 6.18 Å². The van der Waals surface area contributed by atoms with Crippen molar-refractivity contribution in [2.75, 3.05) is 11.4 Å². The van der Waals surface area contributed by atoms with E-state index < -0.39 is 12.7 Å². The van der Waals surface area contributed by atoms with Crippen molar-refractivity contribution in [3.05, 3.63) is 18.1 Å². The Balaban J connectivity index is 2.78. The lowest BCUT2D eigenvalue weighted by molar-refractivity contribution is -0.120. The van der Waals surface area contributed by atoms with Crippen LogP contribution in [0, 0.1) is 0 Å². The molecule has 1 N–H and O–H groups in total. The van der Waals surface area contributed by atoms with Crippen molar-refractivity contribution in [1.29, 1.82) is 0 Å². The second kappa shape index (κ2) is 6.88. The number of nitrogens with zero attached hydrogens (tertiary/aromatic N) is 3. The summed E-state index contributed by atoms with van der Waals surface area (Å²) in [6, 6.07) is 0.0134. The maximum absolute atomic E-state index is 12.5. The van der Waals surface area contributed by atoms with Gasteiger partial charge in [-0.2, -0.15) is 13.2 Å². The van der Waals surface area contributed by atoms with Crippen LogP contribution >= 0.6 is 0 Å². The fourth-order valence-electron chi connectivity index (χ4n) is 1.62. The van der Waals surface area contributed by atoms with Crippen LogP contribution in [-0.4, -0.2) is 34.8 Å². The van der Waals surface area contributed by atoms with Gasteiger partial charge < -0.3 is 10.2 Å². The lowest BCUT2D eigenvalue weighted by atomic mass is 10.3. The maximum atomic E-state index is 12.5. The van der Waals surface area contributed by atoms with Crippen molar-refractivity contribution in [3.63, 3.8) is 0 Å². The van der Waals surface area contributed by atoms with Crippen LogP contribution in [-0.2, 0) is 6.54 Å². The number of hydrogen-bond acceptors (Lipinski definition) is 4. The molecule has 0 atom stereocenters. The molecule has 0 aliphatic carbocycles. The van der Waals surface area contributed by atoms with Crippen molar-refractivity contribution in [1.82, 2.24) is 15.3 Å². The fraction of sp³-hybridized carbons (Fsp3) is 0.692. The van der Waals surface area contributed by atoms with Gasteiger partial charge in [-0.15, -0.1) is 0 Å². The first-order valence-electron chi connectivity index (χ1n) is 6.56.